The number of nitrogens with zero attached hydrogens (tertiary/aromatic N) is 2. The number of carbonyl (C=O) groups is 3. The van der Waals surface area contributed by atoms with Crippen molar-refractivity contribution in [3.8, 4) is 11.6 Å². The molecule has 42 heavy (non-hydrogen) atoms. The summed E-state index contributed by atoms with van der Waals surface area (Å²) in [5, 5.41) is 7.11. The zero-order valence-corrected chi connectivity index (χ0v) is 23.7. The second-order valence-corrected chi connectivity index (χ2v) is 11.3. The Bertz CT molecular complexity index is 1430. The molecule has 2 fully saturated rings. The van der Waals surface area contributed by atoms with E-state index >= 15 is 0 Å². The van der Waals surface area contributed by atoms with Crippen molar-refractivity contribution < 1.29 is 28.7 Å². The van der Waals surface area contributed by atoms with E-state index in [0.717, 1.165) is 25.7 Å². The average Bonchev–Trinajstić information content (AvgIpc) is 3.46. The first-order valence-electron chi connectivity index (χ1n) is 14.0. The van der Waals surface area contributed by atoms with Crippen molar-refractivity contribution in [3.05, 3.63) is 42.6 Å². The number of ether oxygens (including phenoxy) is 2. The summed E-state index contributed by atoms with van der Waals surface area (Å²) in [4.78, 5) is 56.5. The predicted octanol–water partition coefficient (Wildman–Crippen LogP) is 1.75. The minimum absolute atomic E-state index is 0.00262. The Morgan fingerprint density at radius 1 is 1.21 bits per heavy atom. The van der Waals surface area contributed by atoms with Gasteiger partial charge in [0.05, 0.1) is 6.54 Å². The first-order chi connectivity index (χ1) is 20.2. The third kappa shape index (κ3) is 6.46. The highest BCUT2D eigenvalue weighted by Crippen LogP contribution is 2.43. The summed E-state index contributed by atoms with van der Waals surface area (Å²) < 4.78 is 11.2. The standard InChI is InChI=1S/C29H33N6O6S/c30-27(42)33-22-7-5-3-1-2-4-6-18-14-29(18,16-36)34-24(37)23-13-20(15-35(23)26(22)38)40-25-21-9-8-19(41-28(31)39)12-17(21)10-11-32-25/h4,6,8-12,18,20,22-23H,1-3,5,7,13-15H2,(H2,31,39)(H,34,37)(H3,30,33,42)/b6-4-/t18-,20-,22+,23+,29+/m1/s1. The van der Waals surface area contributed by atoms with Crippen LogP contribution in [0, 0.1) is 5.92 Å². The molecule has 13 heteroatoms. The molecule has 5 atom stereocenters. The second kappa shape index (κ2) is 12.3. The van der Waals surface area contributed by atoms with Crippen molar-refractivity contribution in [2.75, 3.05) is 6.54 Å². The van der Waals surface area contributed by atoms with Crippen LogP contribution in [0.5, 0.6) is 11.6 Å². The van der Waals surface area contributed by atoms with E-state index in [4.69, 9.17) is 33.2 Å². The van der Waals surface area contributed by atoms with Crippen molar-refractivity contribution in [2.24, 2.45) is 17.4 Å². The summed E-state index contributed by atoms with van der Waals surface area (Å²) in [6, 6.07) is 5.01. The number of allylic oxidation sites excluding steroid dienone is 1. The van der Waals surface area contributed by atoms with E-state index in [2.05, 4.69) is 15.6 Å². The Hall–Kier alpha value is -4.26. The lowest BCUT2D eigenvalue weighted by Gasteiger charge is -2.29. The van der Waals surface area contributed by atoms with Crippen LogP contribution in [0.1, 0.15) is 44.9 Å². The van der Waals surface area contributed by atoms with Crippen LogP contribution in [-0.2, 0) is 14.4 Å². The van der Waals surface area contributed by atoms with Crippen LogP contribution in [0.3, 0.4) is 0 Å². The van der Waals surface area contributed by atoms with Gasteiger partial charge in [0, 0.05) is 23.9 Å². The third-order valence-corrected chi connectivity index (χ3v) is 8.05. The molecule has 1 aromatic carbocycles. The van der Waals surface area contributed by atoms with Gasteiger partial charge in [-0.05, 0) is 67.6 Å². The van der Waals surface area contributed by atoms with Crippen molar-refractivity contribution in [3.63, 3.8) is 0 Å². The van der Waals surface area contributed by atoms with E-state index in [9.17, 15) is 19.2 Å². The highest BCUT2D eigenvalue weighted by molar-refractivity contribution is 7.80. The number of fused-ring (bicyclic) bond motifs is 3. The van der Waals surface area contributed by atoms with E-state index in [1.165, 1.54) is 4.90 Å². The molecule has 1 aromatic heterocycles. The van der Waals surface area contributed by atoms with Crippen molar-refractivity contribution in [1.29, 1.82) is 0 Å². The fourth-order valence-electron chi connectivity index (χ4n) is 5.72. The number of benzene rings is 1. The summed E-state index contributed by atoms with van der Waals surface area (Å²) in [6.07, 6.45) is 10.6. The molecule has 0 spiro atoms. The molecular formula is C29H33N6O6S. The lowest BCUT2D eigenvalue weighted by molar-refractivity contribution is -0.140. The maximum absolute atomic E-state index is 13.9. The summed E-state index contributed by atoms with van der Waals surface area (Å²) in [5.74, 6) is -0.336. The van der Waals surface area contributed by atoms with Gasteiger partial charge >= 0.3 is 6.09 Å². The van der Waals surface area contributed by atoms with Crippen LogP contribution >= 0.6 is 12.2 Å². The second-order valence-electron chi connectivity index (χ2n) is 10.9. The van der Waals surface area contributed by atoms with Gasteiger partial charge in [-0.15, -0.1) is 0 Å². The summed E-state index contributed by atoms with van der Waals surface area (Å²) in [7, 11) is 0. The highest BCUT2D eigenvalue weighted by atomic mass is 32.1. The third-order valence-electron chi connectivity index (χ3n) is 7.93. The van der Waals surface area contributed by atoms with E-state index < -0.39 is 35.7 Å². The van der Waals surface area contributed by atoms with Crippen LogP contribution in [0.25, 0.3) is 10.8 Å². The Labute approximate surface area is 248 Å². The summed E-state index contributed by atoms with van der Waals surface area (Å²) in [5.41, 5.74) is 9.79. The molecule has 2 aliphatic heterocycles. The van der Waals surface area contributed by atoms with Gasteiger partial charge in [0.2, 0.25) is 24.0 Å². The normalized spacial score (nSPS) is 28.7. The Morgan fingerprint density at radius 2 is 2.05 bits per heavy atom. The molecule has 0 unspecified atom stereocenters. The Kier molecular flexibility index (Phi) is 8.57. The van der Waals surface area contributed by atoms with Crippen LogP contribution in [-0.4, -0.2) is 69.5 Å². The van der Waals surface area contributed by atoms with Crippen LogP contribution in [0.2, 0.25) is 0 Å². The van der Waals surface area contributed by atoms with Crippen LogP contribution in [0.15, 0.2) is 42.6 Å². The minimum atomic E-state index is -1.10. The molecule has 12 nitrogen and oxygen atoms in total. The molecule has 1 saturated carbocycles. The van der Waals surface area contributed by atoms with Gasteiger partial charge in [-0.2, -0.15) is 0 Å². The highest BCUT2D eigenvalue weighted by Gasteiger charge is 2.56. The van der Waals surface area contributed by atoms with E-state index in [-0.39, 0.29) is 35.7 Å². The molecule has 1 aliphatic carbocycles. The SMILES string of the molecule is NC(=O)Oc1ccc2c(O[C@@H]3C[C@H]4C(=O)N[C@]5([C]=O)C[C@H]5/C=C\CCCCC[C@H](NC(N)=S)C(=O)N4C3)nccc2c1. The number of hydrogen-bond donors (Lipinski definition) is 4. The molecule has 1 radical (unpaired) electrons. The Balaban J connectivity index is 1.42. The van der Waals surface area contributed by atoms with Crippen molar-refractivity contribution in [1.82, 2.24) is 20.5 Å². The zero-order chi connectivity index (χ0) is 29.9. The average molecular weight is 594 g/mol. The van der Waals surface area contributed by atoms with E-state index in [1.54, 1.807) is 30.5 Å². The summed E-state index contributed by atoms with van der Waals surface area (Å²) >= 11 is 5.05. The molecule has 221 valence electrons. The molecule has 3 amide bonds. The van der Waals surface area contributed by atoms with Crippen molar-refractivity contribution >= 4 is 52.3 Å². The smallest absolute Gasteiger partial charge is 0.409 e. The molecule has 3 aliphatic rings. The van der Waals surface area contributed by atoms with Gasteiger partial charge in [-0.25, -0.2) is 9.78 Å². The number of nitrogens with two attached hydrogens (primary N) is 2. The first-order valence-corrected chi connectivity index (χ1v) is 14.4. The number of thiocarbonyl (C=S) groups is 1. The number of carbonyl (C=O) groups excluding carboxylic acids is 4. The first kappa shape index (κ1) is 29.2. The number of amides is 3. The minimum Gasteiger partial charge on any atom is -0.472 e. The number of pyridine rings is 1. The summed E-state index contributed by atoms with van der Waals surface area (Å²) in [6.45, 7) is 0.106. The topological polar surface area (TPSA) is 179 Å². The fourth-order valence-corrected chi connectivity index (χ4v) is 5.86. The van der Waals surface area contributed by atoms with Gasteiger partial charge in [-0.1, -0.05) is 25.0 Å². The van der Waals surface area contributed by atoms with E-state index in [0.29, 0.717) is 29.5 Å². The van der Waals surface area contributed by atoms with Gasteiger partial charge in [0.25, 0.3) is 0 Å². The monoisotopic (exact) mass is 593 g/mol. The van der Waals surface area contributed by atoms with E-state index in [1.807, 2.05) is 18.4 Å². The maximum atomic E-state index is 13.9. The quantitative estimate of drug-likeness (QED) is 0.295. The number of hydrogen-bond acceptors (Lipinski definition) is 8. The molecule has 0 bridgehead atoms. The zero-order valence-electron chi connectivity index (χ0n) is 22.9. The van der Waals surface area contributed by atoms with Crippen LogP contribution in [0.4, 0.5) is 4.79 Å². The fraction of sp³-hybridized carbons (Fsp3) is 0.448. The lowest BCUT2D eigenvalue weighted by atomic mass is 10.1. The van der Waals surface area contributed by atoms with Gasteiger partial charge < -0.3 is 36.5 Å². The molecule has 1 saturated heterocycles. The molecule has 6 N–H and O–H groups in total. The van der Waals surface area contributed by atoms with Gasteiger partial charge in [0.1, 0.15) is 29.5 Å². The van der Waals surface area contributed by atoms with Gasteiger partial charge in [-0.3, -0.25) is 14.4 Å². The predicted molar refractivity (Wildman–Crippen MR) is 157 cm³/mol. The number of aromatic nitrogens is 1. The van der Waals surface area contributed by atoms with Crippen LogP contribution < -0.4 is 31.6 Å². The molecule has 2 aromatic rings. The lowest BCUT2D eigenvalue weighted by Crippen LogP contribution is -2.56. The van der Waals surface area contributed by atoms with Gasteiger partial charge in [0.15, 0.2) is 5.11 Å². The molecule has 3 heterocycles. The maximum Gasteiger partial charge on any atom is 0.409 e. The molecule has 5 rings (SSSR count). The largest absolute Gasteiger partial charge is 0.472 e. The number of nitrogens with one attached hydrogen (secondary N) is 2. The van der Waals surface area contributed by atoms with Crippen molar-refractivity contribution in [2.45, 2.75) is 68.7 Å². The number of rotatable bonds is 5. The molecular weight excluding hydrogens is 560 g/mol. The number of primary amides is 1. The Morgan fingerprint density at radius 3 is 2.81 bits per heavy atom.